The molecule has 118 valence electrons. The van der Waals surface area contributed by atoms with E-state index >= 15 is 0 Å². The summed E-state index contributed by atoms with van der Waals surface area (Å²) in [5.74, 6) is 2.22. The lowest BCUT2D eigenvalue weighted by molar-refractivity contribution is 0.237. The third-order valence-electron chi connectivity index (χ3n) is 3.72. The Morgan fingerprint density at radius 2 is 1.76 bits per heavy atom. The Kier molecular flexibility index (Phi) is 6.53. The van der Waals surface area contributed by atoms with Crippen molar-refractivity contribution in [2.45, 2.75) is 32.6 Å². The maximum absolute atomic E-state index is 5.45. The number of hydrogen-bond donors (Lipinski definition) is 2. The van der Waals surface area contributed by atoms with Crippen LogP contribution in [0.2, 0.25) is 0 Å². The van der Waals surface area contributed by atoms with Gasteiger partial charge >= 0.3 is 0 Å². The van der Waals surface area contributed by atoms with Crippen molar-refractivity contribution >= 4 is 11.6 Å². The molecule has 0 atom stereocenters. The molecule has 1 aromatic heterocycles. The molecule has 0 spiro atoms. The molecular formula is C15H27N5O. The van der Waals surface area contributed by atoms with Crippen LogP contribution in [0.5, 0.6) is 5.75 Å². The first kappa shape index (κ1) is 15.8. The van der Waals surface area contributed by atoms with E-state index in [9.17, 15) is 0 Å². The maximum Gasteiger partial charge on any atom is 0.204 e. The number of ether oxygens (including phenoxy) is 1. The number of likely N-dealkylation sites (tertiary alicyclic amines) is 1. The number of nitrogens with zero attached hydrogens (tertiary/aromatic N) is 3. The third kappa shape index (κ3) is 4.74. The molecule has 2 rings (SSSR count). The van der Waals surface area contributed by atoms with E-state index in [2.05, 4.69) is 32.4 Å². The summed E-state index contributed by atoms with van der Waals surface area (Å²) in [7, 11) is 1.66. The molecule has 0 bridgehead atoms. The highest BCUT2D eigenvalue weighted by atomic mass is 16.5. The molecule has 1 aliphatic rings. The van der Waals surface area contributed by atoms with Gasteiger partial charge in [-0.3, -0.25) is 0 Å². The van der Waals surface area contributed by atoms with E-state index in [0.29, 0.717) is 5.75 Å². The van der Waals surface area contributed by atoms with Crippen LogP contribution in [-0.2, 0) is 0 Å². The van der Waals surface area contributed by atoms with E-state index in [1.165, 1.54) is 32.4 Å². The number of anilines is 2. The molecule has 0 aromatic carbocycles. The highest BCUT2D eigenvalue weighted by Gasteiger charge is 2.13. The van der Waals surface area contributed by atoms with Crippen molar-refractivity contribution in [3.05, 3.63) is 6.33 Å². The Labute approximate surface area is 127 Å². The summed E-state index contributed by atoms with van der Waals surface area (Å²) in [6.45, 7) is 7.35. The smallest absolute Gasteiger partial charge is 0.204 e. The zero-order chi connectivity index (χ0) is 14.9. The summed E-state index contributed by atoms with van der Waals surface area (Å²) in [6.07, 6.45) is 6.63. The molecule has 0 amide bonds. The monoisotopic (exact) mass is 293 g/mol. The molecule has 0 saturated carbocycles. The Bertz CT molecular complexity index is 421. The minimum absolute atomic E-state index is 0.699. The molecule has 0 aliphatic carbocycles. The topological polar surface area (TPSA) is 62.3 Å². The fourth-order valence-corrected chi connectivity index (χ4v) is 2.58. The lowest BCUT2D eigenvalue weighted by Crippen LogP contribution is -2.33. The molecular weight excluding hydrogens is 266 g/mol. The third-order valence-corrected chi connectivity index (χ3v) is 3.72. The predicted octanol–water partition coefficient (Wildman–Crippen LogP) is 2.20. The normalized spacial score (nSPS) is 15.7. The van der Waals surface area contributed by atoms with Crippen molar-refractivity contribution in [2.24, 2.45) is 0 Å². The lowest BCUT2D eigenvalue weighted by Gasteiger charge is -2.26. The van der Waals surface area contributed by atoms with Gasteiger partial charge in [0, 0.05) is 19.6 Å². The van der Waals surface area contributed by atoms with Gasteiger partial charge in [0.25, 0.3) is 0 Å². The van der Waals surface area contributed by atoms with Gasteiger partial charge < -0.3 is 20.3 Å². The number of aromatic nitrogens is 2. The van der Waals surface area contributed by atoms with Gasteiger partial charge in [-0.15, -0.1) is 0 Å². The summed E-state index contributed by atoms with van der Waals surface area (Å²) in [5.41, 5.74) is 0. The van der Waals surface area contributed by atoms with Crippen molar-refractivity contribution < 1.29 is 4.74 Å². The second-order valence-corrected chi connectivity index (χ2v) is 5.36. The van der Waals surface area contributed by atoms with Gasteiger partial charge in [0.2, 0.25) is 5.75 Å². The van der Waals surface area contributed by atoms with Gasteiger partial charge in [-0.25, -0.2) is 9.97 Å². The molecule has 1 saturated heterocycles. The number of rotatable bonds is 8. The van der Waals surface area contributed by atoms with Crippen LogP contribution < -0.4 is 15.4 Å². The Morgan fingerprint density at radius 1 is 1.10 bits per heavy atom. The van der Waals surface area contributed by atoms with Crippen LogP contribution in [0.25, 0.3) is 0 Å². The Balaban J connectivity index is 1.89. The van der Waals surface area contributed by atoms with E-state index in [-0.39, 0.29) is 0 Å². The first-order valence-electron chi connectivity index (χ1n) is 7.94. The van der Waals surface area contributed by atoms with Gasteiger partial charge in [-0.2, -0.15) is 0 Å². The van der Waals surface area contributed by atoms with Crippen molar-refractivity contribution in [2.75, 3.05) is 50.5 Å². The number of piperidine rings is 1. The van der Waals surface area contributed by atoms with Gasteiger partial charge in [0.15, 0.2) is 11.6 Å². The SMILES string of the molecule is CCCNc1ncnc(NCCN2CCCCC2)c1OC. The highest BCUT2D eigenvalue weighted by molar-refractivity contribution is 5.63. The van der Waals surface area contributed by atoms with E-state index < -0.39 is 0 Å². The molecule has 1 fully saturated rings. The van der Waals surface area contributed by atoms with Gasteiger partial charge in [-0.05, 0) is 32.4 Å². The van der Waals surface area contributed by atoms with Gasteiger partial charge in [-0.1, -0.05) is 13.3 Å². The molecule has 21 heavy (non-hydrogen) atoms. The summed E-state index contributed by atoms with van der Waals surface area (Å²) < 4.78 is 5.45. The summed E-state index contributed by atoms with van der Waals surface area (Å²) in [4.78, 5) is 11.0. The molecule has 6 heteroatoms. The van der Waals surface area contributed by atoms with Crippen molar-refractivity contribution in [1.82, 2.24) is 14.9 Å². The average Bonchev–Trinajstić information content (AvgIpc) is 2.54. The van der Waals surface area contributed by atoms with Crippen molar-refractivity contribution in [1.29, 1.82) is 0 Å². The molecule has 1 aliphatic heterocycles. The molecule has 0 unspecified atom stereocenters. The Hall–Kier alpha value is -1.56. The van der Waals surface area contributed by atoms with Crippen LogP contribution >= 0.6 is 0 Å². The van der Waals surface area contributed by atoms with E-state index in [1.54, 1.807) is 13.4 Å². The van der Waals surface area contributed by atoms with Crippen LogP contribution in [0, 0.1) is 0 Å². The highest BCUT2D eigenvalue weighted by Crippen LogP contribution is 2.28. The number of nitrogens with one attached hydrogen (secondary N) is 2. The maximum atomic E-state index is 5.45. The number of methoxy groups -OCH3 is 1. The molecule has 2 N–H and O–H groups in total. The standard InChI is InChI=1S/C15H27N5O/c1-3-7-16-14-13(21-2)15(19-12-18-14)17-8-11-20-9-5-4-6-10-20/h12H,3-11H2,1-2H3,(H2,16,17,18,19). The zero-order valence-corrected chi connectivity index (χ0v) is 13.2. The first-order valence-corrected chi connectivity index (χ1v) is 7.94. The van der Waals surface area contributed by atoms with Crippen LogP contribution in [0.4, 0.5) is 11.6 Å². The lowest BCUT2D eigenvalue weighted by atomic mass is 10.1. The Morgan fingerprint density at radius 3 is 2.38 bits per heavy atom. The fourth-order valence-electron chi connectivity index (χ4n) is 2.58. The zero-order valence-electron chi connectivity index (χ0n) is 13.2. The van der Waals surface area contributed by atoms with E-state index in [1.807, 2.05) is 0 Å². The van der Waals surface area contributed by atoms with Crippen LogP contribution in [0.3, 0.4) is 0 Å². The minimum atomic E-state index is 0.699. The number of hydrogen-bond acceptors (Lipinski definition) is 6. The largest absolute Gasteiger partial charge is 0.490 e. The second-order valence-electron chi connectivity index (χ2n) is 5.36. The minimum Gasteiger partial charge on any atom is -0.490 e. The first-order chi connectivity index (χ1) is 10.3. The predicted molar refractivity (Wildman–Crippen MR) is 86.1 cm³/mol. The van der Waals surface area contributed by atoms with Gasteiger partial charge in [0.1, 0.15) is 6.33 Å². The second kappa shape index (κ2) is 8.67. The van der Waals surface area contributed by atoms with Crippen LogP contribution in [0.1, 0.15) is 32.6 Å². The molecule has 6 nitrogen and oxygen atoms in total. The van der Waals surface area contributed by atoms with E-state index in [0.717, 1.165) is 37.7 Å². The van der Waals surface area contributed by atoms with Crippen molar-refractivity contribution in [3.8, 4) is 5.75 Å². The molecule has 1 aromatic rings. The summed E-state index contributed by atoms with van der Waals surface area (Å²) >= 11 is 0. The molecule has 0 radical (unpaired) electrons. The summed E-state index contributed by atoms with van der Waals surface area (Å²) in [6, 6.07) is 0. The van der Waals surface area contributed by atoms with Gasteiger partial charge in [0.05, 0.1) is 7.11 Å². The van der Waals surface area contributed by atoms with E-state index in [4.69, 9.17) is 4.74 Å². The average molecular weight is 293 g/mol. The fraction of sp³-hybridized carbons (Fsp3) is 0.733. The van der Waals surface area contributed by atoms with Crippen LogP contribution in [0.15, 0.2) is 6.33 Å². The van der Waals surface area contributed by atoms with Crippen LogP contribution in [-0.4, -0.2) is 54.7 Å². The molecule has 2 heterocycles. The van der Waals surface area contributed by atoms with Crippen molar-refractivity contribution in [3.63, 3.8) is 0 Å². The summed E-state index contributed by atoms with van der Waals surface area (Å²) in [5, 5.41) is 6.64. The quantitative estimate of drug-likeness (QED) is 0.766.